The van der Waals surface area contributed by atoms with E-state index in [1.54, 1.807) is 0 Å². The van der Waals surface area contributed by atoms with Crippen LogP contribution in [0.2, 0.25) is 0 Å². The Morgan fingerprint density at radius 1 is 0.667 bits per heavy atom. The summed E-state index contributed by atoms with van der Waals surface area (Å²) in [6, 6.07) is 0. The van der Waals surface area contributed by atoms with E-state index in [9.17, 15) is 0 Å². The monoisotopic (exact) mass is 428 g/mol. The molecule has 0 aromatic carbocycles. The maximum absolute atomic E-state index is 6.50. The minimum atomic E-state index is -0.178. The largest absolute Gasteiger partial charge is 0.379 e. The summed E-state index contributed by atoms with van der Waals surface area (Å²) in [4.78, 5) is 0. The van der Waals surface area contributed by atoms with Crippen LogP contribution in [0.25, 0.3) is 0 Å². The van der Waals surface area contributed by atoms with Gasteiger partial charge in [-0.2, -0.15) is 0 Å². The van der Waals surface area contributed by atoms with Gasteiger partial charge in [-0.3, -0.25) is 0 Å². The van der Waals surface area contributed by atoms with E-state index in [0.717, 1.165) is 64.4 Å². The first kappa shape index (κ1) is 27.6. The van der Waals surface area contributed by atoms with Crippen LogP contribution in [0.15, 0.2) is 12.7 Å². The highest BCUT2D eigenvalue weighted by Crippen LogP contribution is 2.31. The topological polar surface area (TPSA) is 46.2 Å². The zero-order valence-electron chi connectivity index (χ0n) is 20.1. The maximum atomic E-state index is 6.50. The maximum Gasteiger partial charge on any atom is 0.115 e. The summed E-state index contributed by atoms with van der Waals surface area (Å²) in [5, 5.41) is 0. The van der Waals surface area contributed by atoms with E-state index in [2.05, 4.69) is 34.3 Å². The van der Waals surface area contributed by atoms with E-state index < -0.39 is 0 Å². The van der Waals surface area contributed by atoms with Crippen LogP contribution in [0.4, 0.5) is 0 Å². The first-order valence-corrected chi connectivity index (χ1v) is 12.4. The van der Waals surface area contributed by atoms with Gasteiger partial charge in [-0.15, -0.1) is 6.58 Å². The van der Waals surface area contributed by atoms with Crippen molar-refractivity contribution in [1.29, 1.82) is 0 Å². The molecular weight excluding hydrogens is 380 g/mol. The lowest BCUT2D eigenvalue weighted by molar-refractivity contribution is -0.265. The van der Waals surface area contributed by atoms with E-state index in [1.165, 1.54) is 0 Å². The molecule has 0 saturated carbocycles. The Morgan fingerprint density at radius 2 is 1.13 bits per heavy atom. The molecule has 2 unspecified atom stereocenters. The molecule has 1 heterocycles. The summed E-state index contributed by atoms with van der Waals surface area (Å²) in [6.45, 7) is 16.1. The number of hydrogen-bond acceptors (Lipinski definition) is 5. The lowest BCUT2D eigenvalue weighted by Gasteiger charge is -2.46. The standard InChI is InChI=1S/C25H48O5/c1-6-11-16-26-20-22-24(28-18-13-8-3)25(29-19-14-9-4)23(27-17-12-7-2)21(30-22)15-10-5/h10,21-25H,5-9,11-20H2,1-4H3/t21-,22?,23?,24-,25-/m1/s1. The first-order valence-electron chi connectivity index (χ1n) is 12.4. The van der Waals surface area contributed by atoms with E-state index in [1.807, 2.05) is 6.08 Å². The van der Waals surface area contributed by atoms with Crippen molar-refractivity contribution in [2.45, 2.75) is 116 Å². The molecule has 1 saturated heterocycles. The summed E-state index contributed by atoms with van der Waals surface area (Å²) in [5.41, 5.74) is 0. The third kappa shape index (κ3) is 10.2. The Balaban J connectivity index is 2.99. The van der Waals surface area contributed by atoms with Crippen LogP contribution in [0.1, 0.15) is 85.5 Å². The van der Waals surface area contributed by atoms with Gasteiger partial charge in [-0.25, -0.2) is 0 Å². The molecule has 0 radical (unpaired) electrons. The molecule has 0 bridgehead atoms. The molecule has 5 heteroatoms. The Morgan fingerprint density at radius 3 is 1.63 bits per heavy atom. The zero-order chi connectivity index (χ0) is 22.0. The van der Waals surface area contributed by atoms with Crippen LogP contribution in [0.5, 0.6) is 0 Å². The fourth-order valence-electron chi connectivity index (χ4n) is 3.61. The Bertz CT molecular complexity index is 403. The normalized spacial score (nSPS) is 26.7. The third-order valence-corrected chi connectivity index (χ3v) is 5.48. The van der Waals surface area contributed by atoms with Crippen LogP contribution < -0.4 is 0 Å². The van der Waals surface area contributed by atoms with Gasteiger partial charge >= 0.3 is 0 Å². The van der Waals surface area contributed by atoms with Gasteiger partial charge in [0.15, 0.2) is 0 Å². The van der Waals surface area contributed by atoms with E-state index in [0.29, 0.717) is 26.4 Å². The molecular formula is C25H48O5. The molecule has 178 valence electrons. The summed E-state index contributed by atoms with van der Waals surface area (Å²) in [6.07, 6.45) is 10.5. The third-order valence-electron chi connectivity index (χ3n) is 5.48. The second-order valence-corrected chi connectivity index (χ2v) is 8.23. The van der Waals surface area contributed by atoms with Gasteiger partial charge in [0.25, 0.3) is 0 Å². The van der Waals surface area contributed by atoms with E-state index in [4.69, 9.17) is 23.7 Å². The molecule has 0 aromatic rings. The number of ether oxygens (including phenoxy) is 5. The summed E-state index contributed by atoms with van der Waals surface area (Å²) >= 11 is 0. The molecule has 0 aliphatic carbocycles. The molecule has 0 N–H and O–H groups in total. The highest BCUT2D eigenvalue weighted by atomic mass is 16.6. The smallest absolute Gasteiger partial charge is 0.115 e. The van der Waals surface area contributed by atoms with Crippen LogP contribution in [-0.4, -0.2) is 63.6 Å². The Labute approximate surface area is 185 Å². The minimum Gasteiger partial charge on any atom is -0.379 e. The molecule has 1 rings (SSSR count). The molecule has 0 amide bonds. The average molecular weight is 429 g/mol. The summed E-state index contributed by atoms with van der Waals surface area (Å²) in [5.74, 6) is 0. The predicted octanol–water partition coefficient (Wildman–Crippen LogP) is 5.70. The van der Waals surface area contributed by atoms with Gasteiger partial charge in [-0.05, 0) is 32.1 Å². The van der Waals surface area contributed by atoms with Gasteiger partial charge < -0.3 is 23.7 Å². The molecule has 5 atom stereocenters. The van der Waals surface area contributed by atoms with Gasteiger partial charge in [0.2, 0.25) is 0 Å². The molecule has 1 aliphatic heterocycles. The van der Waals surface area contributed by atoms with Crippen molar-refractivity contribution < 1.29 is 23.7 Å². The minimum absolute atomic E-state index is 0.0863. The second-order valence-electron chi connectivity index (χ2n) is 8.23. The van der Waals surface area contributed by atoms with Crippen molar-refractivity contribution in [3.63, 3.8) is 0 Å². The van der Waals surface area contributed by atoms with E-state index >= 15 is 0 Å². The van der Waals surface area contributed by atoms with Crippen LogP contribution in [0.3, 0.4) is 0 Å². The Hall–Kier alpha value is -0.460. The molecule has 1 fully saturated rings. The van der Waals surface area contributed by atoms with Crippen LogP contribution in [-0.2, 0) is 23.7 Å². The number of unbranched alkanes of at least 4 members (excludes halogenated alkanes) is 4. The van der Waals surface area contributed by atoms with Gasteiger partial charge in [-0.1, -0.05) is 59.5 Å². The average Bonchev–Trinajstić information content (AvgIpc) is 2.75. The lowest BCUT2D eigenvalue weighted by atomic mass is 9.92. The lowest BCUT2D eigenvalue weighted by Crippen LogP contribution is -2.61. The first-order chi connectivity index (χ1) is 14.7. The Kier molecular flexibility index (Phi) is 16.7. The highest BCUT2D eigenvalue weighted by Gasteiger charge is 2.47. The number of hydrogen-bond donors (Lipinski definition) is 0. The highest BCUT2D eigenvalue weighted by molar-refractivity contribution is 4.97. The van der Waals surface area contributed by atoms with Crippen LogP contribution in [0, 0.1) is 0 Å². The van der Waals surface area contributed by atoms with Crippen molar-refractivity contribution >= 4 is 0 Å². The van der Waals surface area contributed by atoms with Crippen molar-refractivity contribution in [1.82, 2.24) is 0 Å². The van der Waals surface area contributed by atoms with Crippen molar-refractivity contribution in [2.75, 3.05) is 33.0 Å². The molecule has 30 heavy (non-hydrogen) atoms. The van der Waals surface area contributed by atoms with Crippen LogP contribution >= 0.6 is 0 Å². The van der Waals surface area contributed by atoms with Crippen molar-refractivity contribution in [3.05, 3.63) is 12.7 Å². The molecule has 0 aromatic heterocycles. The van der Waals surface area contributed by atoms with Gasteiger partial charge in [0.1, 0.15) is 24.4 Å². The molecule has 1 aliphatic rings. The van der Waals surface area contributed by atoms with Crippen molar-refractivity contribution in [2.24, 2.45) is 0 Å². The predicted molar refractivity (Wildman–Crippen MR) is 123 cm³/mol. The van der Waals surface area contributed by atoms with Gasteiger partial charge in [0.05, 0.1) is 12.7 Å². The number of rotatable bonds is 19. The SMILES string of the molecule is C=CC[C@H]1OC(COCCCC)[C@@H](OCCCC)[C@H](OCCCC)C1OCCCC. The summed E-state index contributed by atoms with van der Waals surface area (Å²) in [7, 11) is 0. The molecule has 0 spiro atoms. The summed E-state index contributed by atoms with van der Waals surface area (Å²) < 4.78 is 31.6. The van der Waals surface area contributed by atoms with E-state index in [-0.39, 0.29) is 30.5 Å². The fraction of sp³-hybridized carbons (Fsp3) is 0.920. The zero-order valence-corrected chi connectivity index (χ0v) is 20.1. The quantitative estimate of drug-likeness (QED) is 0.195. The van der Waals surface area contributed by atoms with Gasteiger partial charge in [0, 0.05) is 26.4 Å². The fourth-order valence-corrected chi connectivity index (χ4v) is 3.61. The second kappa shape index (κ2) is 18.1. The molecule has 5 nitrogen and oxygen atoms in total. The van der Waals surface area contributed by atoms with Crippen molar-refractivity contribution in [3.8, 4) is 0 Å².